The number of rotatable bonds is 3. The molecule has 2 rings (SSSR count). The van der Waals surface area contributed by atoms with Crippen molar-refractivity contribution in [3.05, 3.63) is 41.7 Å². The second kappa shape index (κ2) is 7.06. The van der Waals surface area contributed by atoms with Gasteiger partial charge in [0.2, 0.25) is 5.91 Å². The van der Waals surface area contributed by atoms with E-state index in [1.54, 1.807) is 12.1 Å². The average Bonchev–Trinajstić information content (AvgIpc) is 2.48. The zero-order valence-corrected chi connectivity index (χ0v) is 15.5. The minimum Gasteiger partial charge on any atom is -0.339 e. The van der Waals surface area contributed by atoms with Crippen LogP contribution in [0.3, 0.4) is 0 Å². The van der Waals surface area contributed by atoms with Crippen molar-refractivity contribution in [3.63, 3.8) is 0 Å². The third-order valence-electron chi connectivity index (χ3n) is 4.51. The van der Waals surface area contributed by atoms with Crippen LogP contribution in [-0.2, 0) is 4.79 Å². The maximum absolute atomic E-state index is 12.9. The fourth-order valence-electron chi connectivity index (χ4n) is 3.07. The summed E-state index contributed by atoms with van der Waals surface area (Å²) in [6.07, 6.45) is 4.12. The predicted molar refractivity (Wildman–Crippen MR) is 97.1 cm³/mol. The Bertz CT molecular complexity index is 599. The van der Waals surface area contributed by atoms with Gasteiger partial charge in [0.1, 0.15) is 5.82 Å². The zero-order chi connectivity index (χ0) is 18.0. The molecule has 132 valence electrons. The van der Waals surface area contributed by atoms with Crippen molar-refractivity contribution in [1.29, 1.82) is 0 Å². The second-order valence-corrected chi connectivity index (χ2v) is 8.19. The van der Waals surface area contributed by atoms with Crippen molar-refractivity contribution < 1.29 is 9.18 Å². The molecule has 1 saturated heterocycles. The van der Waals surface area contributed by atoms with Crippen LogP contribution < -0.4 is 0 Å². The first-order chi connectivity index (χ1) is 11.1. The number of benzene rings is 1. The summed E-state index contributed by atoms with van der Waals surface area (Å²) in [6.45, 7) is 13.5. The van der Waals surface area contributed by atoms with Crippen LogP contribution in [0.1, 0.15) is 40.2 Å². The van der Waals surface area contributed by atoms with Gasteiger partial charge in [-0.3, -0.25) is 9.69 Å². The Morgan fingerprint density at radius 2 is 1.83 bits per heavy atom. The van der Waals surface area contributed by atoms with Gasteiger partial charge in [-0.2, -0.15) is 0 Å². The molecule has 1 aromatic carbocycles. The van der Waals surface area contributed by atoms with Gasteiger partial charge in [-0.25, -0.2) is 4.39 Å². The van der Waals surface area contributed by atoms with Gasteiger partial charge < -0.3 is 4.90 Å². The quantitative estimate of drug-likeness (QED) is 0.840. The highest BCUT2D eigenvalue weighted by molar-refractivity contribution is 5.81. The minimum absolute atomic E-state index is 0.0632. The number of amides is 1. The number of nitrogens with zero attached hydrogens (tertiary/aromatic N) is 2. The van der Waals surface area contributed by atoms with E-state index >= 15 is 0 Å². The summed E-state index contributed by atoms with van der Waals surface area (Å²) in [7, 11) is 0. The standard InChI is InChI=1S/C20H29FN2O/c1-19(2,3)18(24)22-13-14-23(20(4,5)15-22)12-6-7-16-8-10-17(21)11-9-16/h6-11H,12-15H2,1-5H3/b7-6+. The number of carbonyl (C=O) groups excluding carboxylic acids is 1. The summed E-state index contributed by atoms with van der Waals surface area (Å²) in [6, 6.07) is 6.49. The molecule has 24 heavy (non-hydrogen) atoms. The molecule has 0 aromatic heterocycles. The minimum atomic E-state index is -0.333. The van der Waals surface area contributed by atoms with Crippen molar-refractivity contribution >= 4 is 12.0 Å². The fraction of sp³-hybridized carbons (Fsp3) is 0.550. The van der Waals surface area contributed by atoms with Gasteiger partial charge in [-0.15, -0.1) is 0 Å². The van der Waals surface area contributed by atoms with Crippen molar-refractivity contribution in [2.75, 3.05) is 26.2 Å². The molecule has 1 heterocycles. The molecule has 0 aliphatic carbocycles. The van der Waals surface area contributed by atoms with Crippen LogP contribution in [0.25, 0.3) is 6.08 Å². The number of carbonyl (C=O) groups is 1. The Kier molecular flexibility index (Phi) is 5.49. The highest BCUT2D eigenvalue weighted by Crippen LogP contribution is 2.25. The fourth-order valence-corrected chi connectivity index (χ4v) is 3.07. The average molecular weight is 332 g/mol. The van der Waals surface area contributed by atoms with Gasteiger partial charge in [-0.1, -0.05) is 45.1 Å². The molecule has 1 aromatic rings. The first-order valence-electron chi connectivity index (χ1n) is 8.56. The van der Waals surface area contributed by atoms with Crippen molar-refractivity contribution in [2.45, 2.75) is 40.2 Å². The van der Waals surface area contributed by atoms with E-state index in [9.17, 15) is 9.18 Å². The number of hydrogen-bond donors (Lipinski definition) is 0. The van der Waals surface area contributed by atoms with Crippen LogP contribution in [-0.4, -0.2) is 47.4 Å². The molecule has 1 aliphatic heterocycles. The van der Waals surface area contributed by atoms with Gasteiger partial charge >= 0.3 is 0 Å². The van der Waals surface area contributed by atoms with Gasteiger partial charge in [0.25, 0.3) is 0 Å². The van der Waals surface area contributed by atoms with Gasteiger partial charge in [0.05, 0.1) is 0 Å². The third-order valence-corrected chi connectivity index (χ3v) is 4.51. The maximum atomic E-state index is 12.9. The summed E-state index contributed by atoms with van der Waals surface area (Å²) in [5.41, 5.74) is 0.600. The predicted octanol–water partition coefficient (Wildman–Crippen LogP) is 3.81. The van der Waals surface area contributed by atoms with Crippen molar-refractivity contribution in [2.24, 2.45) is 5.41 Å². The zero-order valence-electron chi connectivity index (χ0n) is 15.5. The highest BCUT2D eigenvalue weighted by atomic mass is 19.1. The third kappa shape index (κ3) is 4.67. The summed E-state index contributed by atoms with van der Waals surface area (Å²) in [4.78, 5) is 16.9. The molecular weight excluding hydrogens is 303 g/mol. The lowest BCUT2D eigenvalue weighted by Crippen LogP contribution is -2.61. The molecule has 0 spiro atoms. The molecule has 0 atom stereocenters. The molecule has 3 nitrogen and oxygen atoms in total. The van der Waals surface area contributed by atoms with E-state index in [4.69, 9.17) is 0 Å². The lowest BCUT2D eigenvalue weighted by Gasteiger charge is -2.48. The molecular formula is C20H29FN2O. The van der Waals surface area contributed by atoms with Crippen molar-refractivity contribution in [1.82, 2.24) is 9.80 Å². The molecule has 4 heteroatoms. The van der Waals surface area contributed by atoms with E-state index in [0.29, 0.717) is 0 Å². The molecule has 1 aliphatic rings. The Morgan fingerprint density at radius 1 is 1.21 bits per heavy atom. The SMILES string of the molecule is CC(C)(C)C(=O)N1CCN(C/C=C/c2ccc(F)cc2)C(C)(C)C1. The topological polar surface area (TPSA) is 23.6 Å². The maximum Gasteiger partial charge on any atom is 0.228 e. The summed E-state index contributed by atoms with van der Waals surface area (Å²) in [5.74, 6) is 0.00463. The first-order valence-corrected chi connectivity index (χ1v) is 8.56. The Balaban J connectivity index is 1.96. The molecule has 1 fully saturated rings. The van der Waals surface area contributed by atoms with Gasteiger partial charge in [0.15, 0.2) is 0 Å². The van der Waals surface area contributed by atoms with Crippen LogP contribution in [0, 0.1) is 11.2 Å². The van der Waals surface area contributed by atoms with Crippen LogP contribution in [0.15, 0.2) is 30.3 Å². The van der Waals surface area contributed by atoms with Crippen LogP contribution >= 0.6 is 0 Å². The van der Waals surface area contributed by atoms with E-state index in [1.807, 2.05) is 31.7 Å². The molecule has 0 bridgehead atoms. The van der Waals surface area contributed by atoms with Crippen molar-refractivity contribution in [3.8, 4) is 0 Å². The summed E-state index contributed by atoms with van der Waals surface area (Å²) in [5, 5.41) is 0. The normalized spacial score (nSPS) is 19.0. The second-order valence-electron chi connectivity index (χ2n) is 8.19. The number of halogens is 1. The summed E-state index contributed by atoms with van der Waals surface area (Å²) < 4.78 is 12.9. The molecule has 1 amide bonds. The van der Waals surface area contributed by atoms with E-state index < -0.39 is 0 Å². The van der Waals surface area contributed by atoms with Crippen LogP contribution in [0.4, 0.5) is 4.39 Å². The lowest BCUT2D eigenvalue weighted by atomic mass is 9.91. The Hall–Kier alpha value is -1.68. The Labute approximate surface area is 145 Å². The Morgan fingerprint density at radius 3 is 2.38 bits per heavy atom. The van der Waals surface area contributed by atoms with Gasteiger partial charge in [-0.05, 0) is 31.5 Å². The van der Waals surface area contributed by atoms with Crippen LogP contribution in [0.5, 0.6) is 0 Å². The largest absolute Gasteiger partial charge is 0.339 e. The molecule has 0 N–H and O–H groups in total. The number of hydrogen-bond acceptors (Lipinski definition) is 2. The monoisotopic (exact) mass is 332 g/mol. The molecule has 0 radical (unpaired) electrons. The van der Waals surface area contributed by atoms with E-state index in [0.717, 1.165) is 31.7 Å². The smallest absolute Gasteiger partial charge is 0.228 e. The molecule has 0 saturated carbocycles. The van der Waals surface area contributed by atoms with E-state index in [-0.39, 0.29) is 22.7 Å². The first kappa shape index (κ1) is 18.7. The highest BCUT2D eigenvalue weighted by Gasteiger charge is 2.37. The van der Waals surface area contributed by atoms with E-state index in [2.05, 4.69) is 24.8 Å². The number of piperazine rings is 1. The lowest BCUT2D eigenvalue weighted by molar-refractivity contribution is -0.144. The summed E-state index contributed by atoms with van der Waals surface area (Å²) >= 11 is 0. The van der Waals surface area contributed by atoms with E-state index in [1.165, 1.54) is 12.1 Å². The molecule has 0 unspecified atom stereocenters. The van der Waals surface area contributed by atoms with Gasteiger partial charge in [0, 0.05) is 37.1 Å². The van der Waals surface area contributed by atoms with Crippen LogP contribution in [0.2, 0.25) is 0 Å².